The molecule has 0 bridgehead atoms. The van der Waals surface area contributed by atoms with E-state index in [4.69, 9.17) is 0 Å². The molecular formula is C17H23ClN4O2. The van der Waals surface area contributed by atoms with Crippen molar-refractivity contribution in [2.75, 3.05) is 19.6 Å². The van der Waals surface area contributed by atoms with E-state index >= 15 is 0 Å². The van der Waals surface area contributed by atoms with Gasteiger partial charge in [0.05, 0.1) is 17.2 Å². The highest BCUT2D eigenvalue weighted by atomic mass is 35.5. The van der Waals surface area contributed by atoms with Gasteiger partial charge in [-0.2, -0.15) is 0 Å². The standard InChI is InChI=1S/C17H22N4O2.ClH/c22-16(19-9-7-13-4-3-8-18-10-13)11-21-12-20-15-6-2-1-5-14(15)17(21)23;/h1-2,5-6,12-13,18H,3-4,7-11H2,(H,19,22);1H. The number of halogens is 1. The van der Waals surface area contributed by atoms with Crippen molar-refractivity contribution >= 4 is 29.2 Å². The highest BCUT2D eigenvalue weighted by molar-refractivity contribution is 5.85. The maximum absolute atomic E-state index is 12.3. The summed E-state index contributed by atoms with van der Waals surface area (Å²) in [4.78, 5) is 28.6. The second-order valence-corrected chi connectivity index (χ2v) is 6.05. The Kier molecular flexibility index (Phi) is 6.75. The number of amides is 1. The van der Waals surface area contributed by atoms with Gasteiger partial charge in [0.1, 0.15) is 6.54 Å². The van der Waals surface area contributed by atoms with Crippen molar-refractivity contribution in [2.24, 2.45) is 5.92 Å². The molecule has 1 amide bonds. The number of carbonyl (C=O) groups excluding carboxylic acids is 1. The molecule has 130 valence electrons. The molecule has 1 aromatic carbocycles. The van der Waals surface area contributed by atoms with Gasteiger partial charge in [-0.25, -0.2) is 4.98 Å². The molecule has 6 nitrogen and oxygen atoms in total. The van der Waals surface area contributed by atoms with Gasteiger partial charge in [-0.15, -0.1) is 12.4 Å². The van der Waals surface area contributed by atoms with E-state index in [1.54, 1.807) is 18.2 Å². The van der Waals surface area contributed by atoms with E-state index < -0.39 is 0 Å². The van der Waals surface area contributed by atoms with Crippen LogP contribution in [0.5, 0.6) is 0 Å². The van der Waals surface area contributed by atoms with E-state index in [0.717, 1.165) is 19.5 Å². The first-order valence-electron chi connectivity index (χ1n) is 8.15. The number of para-hydroxylation sites is 1. The summed E-state index contributed by atoms with van der Waals surface area (Å²) in [6, 6.07) is 7.16. The lowest BCUT2D eigenvalue weighted by molar-refractivity contribution is -0.121. The van der Waals surface area contributed by atoms with Crippen molar-refractivity contribution < 1.29 is 4.79 Å². The summed E-state index contributed by atoms with van der Waals surface area (Å²) in [5.41, 5.74) is 0.473. The zero-order valence-electron chi connectivity index (χ0n) is 13.5. The lowest BCUT2D eigenvalue weighted by atomic mass is 9.96. The molecule has 1 aromatic heterocycles. The van der Waals surface area contributed by atoms with Gasteiger partial charge in [-0.1, -0.05) is 12.1 Å². The molecule has 0 spiro atoms. The minimum absolute atomic E-state index is 0. The molecule has 1 atom stereocenters. The third-order valence-electron chi connectivity index (χ3n) is 4.32. The maximum atomic E-state index is 12.3. The molecule has 0 radical (unpaired) electrons. The summed E-state index contributed by atoms with van der Waals surface area (Å²) in [7, 11) is 0. The molecule has 0 aliphatic carbocycles. The van der Waals surface area contributed by atoms with E-state index in [0.29, 0.717) is 23.4 Å². The Bertz CT molecular complexity index is 741. The van der Waals surface area contributed by atoms with Crippen LogP contribution in [0.3, 0.4) is 0 Å². The number of carbonyl (C=O) groups is 1. The first kappa shape index (κ1) is 18.4. The molecule has 1 unspecified atom stereocenters. The summed E-state index contributed by atoms with van der Waals surface area (Å²) >= 11 is 0. The SMILES string of the molecule is Cl.O=C(Cn1cnc2ccccc2c1=O)NCCC1CCCNC1. The monoisotopic (exact) mass is 350 g/mol. The Hall–Kier alpha value is -1.92. The number of hydrogen-bond acceptors (Lipinski definition) is 4. The molecule has 1 aliphatic heterocycles. The predicted molar refractivity (Wildman–Crippen MR) is 96.5 cm³/mol. The topological polar surface area (TPSA) is 76.0 Å². The Labute approximate surface area is 147 Å². The van der Waals surface area contributed by atoms with Gasteiger partial charge in [-0.3, -0.25) is 14.2 Å². The van der Waals surface area contributed by atoms with Crippen LogP contribution in [0.15, 0.2) is 35.4 Å². The maximum Gasteiger partial charge on any atom is 0.261 e. The zero-order valence-corrected chi connectivity index (χ0v) is 14.3. The zero-order chi connectivity index (χ0) is 16.1. The Morgan fingerprint density at radius 1 is 1.38 bits per heavy atom. The van der Waals surface area contributed by atoms with Crippen molar-refractivity contribution in [1.82, 2.24) is 20.2 Å². The lowest BCUT2D eigenvalue weighted by Gasteiger charge is -2.22. The second-order valence-electron chi connectivity index (χ2n) is 6.05. The quantitative estimate of drug-likeness (QED) is 0.852. The molecule has 2 aromatic rings. The summed E-state index contributed by atoms with van der Waals surface area (Å²) in [6.07, 6.45) is 4.84. The first-order valence-corrected chi connectivity index (χ1v) is 8.15. The van der Waals surface area contributed by atoms with Gasteiger partial charge < -0.3 is 10.6 Å². The van der Waals surface area contributed by atoms with Crippen molar-refractivity contribution in [3.05, 3.63) is 40.9 Å². The fraction of sp³-hybridized carbons (Fsp3) is 0.471. The van der Waals surface area contributed by atoms with Crippen molar-refractivity contribution in [3.8, 4) is 0 Å². The number of piperidine rings is 1. The Balaban J connectivity index is 0.00000208. The number of fused-ring (bicyclic) bond motifs is 1. The second kappa shape index (κ2) is 8.80. The van der Waals surface area contributed by atoms with Gasteiger partial charge in [-0.05, 0) is 50.4 Å². The third-order valence-corrected chi connectivity index (χ3v) is 4.32. The average Bonchev–Trinajstić information content (AvgIpc) is 2.59. The normalized spacial score (nSPS) is 17.2. The number of aromatic nitrogens is 2. The molecular weight excluding hydrogens is 328 g/mol. The molecule has 1 fully saturated rings. The van der Waals surface area contributed by atoms with Gasteiger partial charge in [0.15, 0.2) is 0 Å². The summed E-state index contributed by atoms with van der Waals surface area (Å²) < 4.78 is 1.36. The molecule has 0 saturated carbocycles. The van der Waals surface area contributed by atoms with Crippen LogP contribution in [0.2, 0.25) is 0 Å². The summed E-state index contributed by atoms with van der Waals surface area (Å²) in [5.74, 6) is 0.488. The predicted octanol–water partition coefficient (Wildman–Crippen LogP) is 1.32. The van der Waals surface area contributed by atoms with Crippen LogP contribution < -0.4 is 16.2 Å². The summed E-state index contributed by atoms with van der Waals surface area (Å²) in [5, 5.41) is 6.81. The van der Waals surface area contributed by atoms with E-state index in [2.05, 4.69) is 15.6 Å². The van der Waals surface area contributed by atoms with Crippen molar-refractivity contribution in [1.29, 1.82) is 0 Å². The van der Waals surface area contributed by atoms with Gasteiger partial charge in [0, 0.05) is 6.54 Å². The van der Waals surface area contributed by atoms with Gasteiger partial charge >= 0.3 is 0 Å². The largest absolute Gasteiger partial charge is 0.355 e. The van der Waals surface area contributed by atoms with Gasteiger partial charge in [0.25, 0.3) is 5.56 Å². The molecule has 7 heteroatoms. The van der Waals surface area contributed by atoms with Crippen LogP contribution in [0.25, 0.3) is 10.9 Å². The van der Waals surface area contributed by atoms with Crippen LogP contribution in [0.1, 0.15) is 19.3 Å². The number of nitrogens with one attached hydrogen (secondary N) is 2. The average molecular weight is 351 g/mol. The van der Waals surface area contributed by atoms with E-state index in [1.807, 2.05) is 6.07 Å². The highest BCUT2D eigenvalue weighted by Crippen LogP contribution is 2.12. The van der Waals surface area contributed by atoms with Crippen LogP contribution in [0, 0.1) is 5.92 Å². The van der Waals surface area contributed by atoms with Crippen LogP contribution in [-0.4, -0.2) is 35.1 Å². The number of benzene rings is 1. The molecule has 2 heterocycles. The van der Waals surface area contributed by atoms with E-state index in [9.17, 15) is 9.59 Å². The molecule has 24 heavy (non-hydrogen) atoms. The molecule has 1 aliphatic rings. The summed E-state index contributed by atoms with van der Waals surface area (Å²) in [6.45, 7) is 2.80. The van der Waals surface area contributed by atoms with Crippen molar-refractivity contribution in [3.63, 3.8) is 0 Å². The minimum Gasteiger partial charge on any atom is -0.355 e. The van der Waals surface area contributed by atoms with Crippen molar-refractivity contribution in [2.45, 2.75) is 25.8 Å². The molecule has 2 N–H and O–H groups in total. The first-order chi connectivity index (χ1) is 11.2. The molecule has 1 saturated heterocycles. The molecule has 3 rings (SSSR count). The third kappa shape index (κ3) is 4.55. The van der Waals surface area contributed by atoms with Crippen LogP contribution in [-0.2, 0) is 11.3 Å². The number of rotatable bonds is 5. The van der Waals surface area contributed by atoms with E-state index in [-0.39, 0.29) is 30.4 Å². The van der Waals surface area contributed by atoms with Gasteiger partial charge in [0.2, 0.25) is 5.91 Å². The number of nitrogens with zero attached hydrogens (tertiary/aromatic N) is 2. The smallest absolute Gasteiger partial charge is 0.261 e. The Morgan fingerprint density at radius 3 is 3.00 bits per heavy atom. The fourth-order valence-electron chi connectivity index (χ4n) is 3.02. The fourth-order valence-corrected chi connectivity index (χ4v) is 3.02. The number of hydrogen-bond donors (Lipinski definition) is 2. The highest BCUT2D eigenvalue weighted by Gasteiger charge is 2.13. The van der Waals surface area contributed by atoms with Crippen LogP contribution >= 0.6 is 12.4 Å². The van der Waals surface area contributed by atoms with E-state index in [1.165, 1.54) is 23.7 Å². The minimum atomic E-state index is -0.178. The Morgan fingerprint density at radius 2 is 2.21 bits per heavy atom. The van der Waals surface area contributed by atoms with Crippen LogP contribution in [0.4, 0.5) is 0 Å². The lowest BCUT2D eigenvalue weighted by Crippen LogP contribution is -2.35.